The van der Waals surface area contributed by atoms with E-state index in [1.54, 1.807) is 18.4 Å². The second-order valence-electron chi connectivity index (χ2n) is 7.80. The summed E-state index contributed by atoms with van der Waals surface area (Å²) in [6, 6.07) is 9.70. The number of ether oxygens (including phenoxy) is 2. The molecule has 0 saturated carbocycles. The molecule has 1 amide bonds. The van der Waals surface area contributed by atoms with Gasteiger partial charge >= 0.3 is 6.09 Å². The number of hydrogen-bond donors (Lipinski definition) is 2. The third-order valence-electron chi connectivity index (χ3n) is 4.49. The van der Waals surface area contributed by atoms with Crippen LogP contribution in [0.15, 0.2) is 40.5 Å². The van der Waals surface area contributed by atoms with E-state index in [9.17, 15) is 9.59 Å². The van der Waals surface area contributed by atoms with Crippen molar-refractivity contribution in [2.45, 2.75) is 32.9 Å². The summed E-state index contributed by atoms with van der Waals surface area (Å²) in [6.07, 6.45) is -0.447. The molecule has 0 bridgehead atoms. The third kappa shape index (κ3) is 3.93. The molecule has 0 atom stereocenters. The molecule has 0 spiro atoms. The molecule has 0 radical (unpaired) electrons. The Balaban J connectivity index is 1.74. The molecule has 156 valence electrons. The lowest BCUT2D eigenvalue weighted by Crippen LogP contribution is -2.31. The second-order valence-corrected chi connectivity index (χ2v) is 9.89. The molecule has 3 aromatic heterocycles. The van der Waals surface area contributed by atoms with Crippen molar-refractivity contribution in [3.05, 3.63) is 50.9 Å². The van der Waals surface area contributed by atoms with Crippen molar-refractivity contribution in [3.63, 3.8) is 0 Å². The molecule has 30 heavy (non-hydrogen) atoms. The fourth-order valence-corrected chi connectivity index (χ4v) is 5.12. The lowest BCUT2D eigenvalue weighted by Gasteiger charge is -2.19. The molecule has 1 aromatic carbocycles. The normalized spacial score (nSPS) is 11.7. The first-order valence-corrected chi connectivity index (χ1v) is 11.1. The number of benzene rings is 1. The van der Waals surface area contributed by atoms with Gasteiger partial charge in [0, 0.05) is 31.6 Å². The van der Waals surface area contributed by atoms with Gasteiger partial charge in [0.1, 0.15) is 16.1 Å². The van der Waals surface area contributed by atoms with Crippen molar-refractivity contribution in [2.75, 3.05) is 7.11 Å². The summed E-state index contributed by atoms with van der Waals surface area (Å²) in [7, 11) is 1.64. The van der Waals surface area contributed by atoms with Crippen molar-refractivity contribution in [3.8, 4) is 16.2 Å². The van der Waals surface area contributed by atoms with Crippen LogP contribution < -0.4 is 15.6 Å². The molecule has 0 aliphatic carbocycles. The molecule has 4 rings (SSSR count). The van der Waals surface area contributed by atoms with Gasteiger partial charge in [0.2, 0.25) is 0 Å². The van der Waals surface area contributed by atoms with Gasteiger partial charge in [-0.3, -0.25) is 4.79 Å². The second kappa shape index (κ2) is 7.77. The van der Waals surface area contributed by atoms with E-state index in [0.29, 0.717) is 11.2 Å². The highest BCUT2D eigenvalue weighted by molar-refractivity contribution is 7.17. The quantitative estimate of drug-likeness (QED) is 0.437. The molecule has 0 fully saturated rings. The Morgan fingerprint density at radius 2 is 1.97 bits per heavy atom. The topological polar surface area (TPSA) is 80.4 Å². The highest BCUT2D eigenvalue weighted by Gasteiger charge is 2.19. The van der Waals surface area contributed by atoms with E-state index in [4.69, 9.17) is 9.47 Å². The summed E-state index contributed by atoms with van der Waals surface area (Å²) in [6.45, 7) is 5.87. The van der Waals surface area contributed by atoms with Crippen LogP contribution >= 0.6 is 22.7 Å². The lowest BCUT2D eigenvalue weighted by molar-refractivity contribution is 0.0524. The first-order chi connectivity index (χ1) is 14.3. The Morgan fingerprint density at radius 3 is 2.70 bits per heavy atom. The van der Waals surface area contributed by atoms with E-state index in [1.165, 1.54) is 11.3 Å². The van der Waals surface area contributed by atoms with Crippen LogP contribution in [-0.4, -0.2) is 23.8 Å². The van der Waals surface area contributed by atoms with Gasteiger partial charge < -0.3 is 19.8 Å². The number of pyridine rings is 1. The molecular formula is C22H22N2O4S2. The Labute approximate surface area is 181 Å². The molecule has 0 aliphatic heterocycles. The molecule has 0 unspecified atom stereocenters. The van der Waals surface area contributed by atoms with Crippen LogP contribution in [0.3, 0.4) is 0 Å². The minimum absolute atomic E-state index is 0.0861. The molecule has 3 heterocycles. The Kier molecular flexibility index (Phi) is 5.29. The average Bonchev–Trinajstić information content (AvgIpc) is 3.34. The zero-order valence-electron chi connectivity index (χ0n) is 17.1. The third-order valence-corrected chi connectivity index (χ3v) is 6.51. The number of amides is 1. The molecule has 2 N–H and O–H groups in total. The van der Waals surface area contributed by atoms with Crippen molar-refractivity contribution in [1.82, 2.24) is 10.3 Å². The number of H-pyrrole nitrogens is 1. The maximum absolute atomic E-state index is 12.4. The van der Waals surface area contributed by atoms with E-state index in [0.717, 1.165) is 37.4 Å². The van der Waals surface area contributed by atoms with Gasteiger partial charge in [-0.05, 0) is 56.5 Å². The number of nitrogens with one attached hydrogen (secondary N) is 2. The number of fused-ring (bicyclic) bond motifs is 3. The number of alkyl carbamates (subject to hydrolysis) is 1. The zero-order chi connectivity index (χ0) is 21.5. The summed E-state index contributed by atoms with van der Waals surface area (Å²) in [5.41, 5.74) is 1.08. The largest absolute Gasteiger partial charge is 0.496 e. The van der Waals surface area contributed by atoms with Crippen LogP contribution in [0.4, 0.5) is 4.79 Å². The van der Waals surface area contributed by atoms with Gasteiger partial charge in [0.05, 0.1) is 13.7 Å². The van der Waals surface area contributed by atoms with Gasteiger partial charge in [-0.2, -0.15) is 0 Å². The SMILES string of the molecule is COc1ccc2[nH]c(=O)c3sccc3c2c1-c1ccc(CNC(=O)OC(C)(C)C)s1. The maximum atomic E-state index is 12.4. The molecule has 0 aliphatic rings. The highest BCUT2D eigenvalue weighted by Crippen LogP contribution is 2.42. The van der Waals surface area contributed by atoms with Crippen LogP contribution in [0.2, 0.25) is 0 Å². The summed E-state index contributed by atoms with van der Waals surface area (Å²) in [4.78, 5) is 29.3. The van der Waals surface area contributed by atoms with Crippen molar-refractivity contribution >= 4 is 49.8 Å². The number of hydrogen-bond acceptors (Lipinski definition) is 6. The van der Waals surface area contributed by atoms with E-state index in [1.807, 2.05) is 56.5 Å². The van der Waals surface area contributed by atoms with Gasteiger partial charge in [-0.25, -0.2) is 4.79 Å². The van der Waals surface area contributed by atoms with Crippen LogP contribution in [0.25, 0.3) is 31.4 Å². The van der Waals surface area contributed by atoms with Crippen molar-refractivity contribution in [2.24, 2.45) is 0 Å². The van der Waals surface area contributed by atoms with Crippen LogP contribution in [0.1, 0.15) is 25.6 Å². The fraction of sp³-hybridized carbons (Fsp3) is 0.273. The Bertz CT molecular complexity index is 1290. The standard InChI is InChI=1S/C22H22N2O4S2/c1-22(2,3)28-21(26)23-11-12-5-8-16(30-12)18-15(27-4)7-6-14-17(18)13-9-10-29-19(13)20(25)24-14/h5-10H,11H2,1-4H3,(H,23,26)(H,24,25). The Morgan fingerprint density at radius 1 is 1.17 bits per heavy atom. The predicted octanol–water partition coefficient (Wildman–Crippen LogP) is 5.50. The first kappa shape index (κ1) is 20.4. The van der Waals surface area contributed by atoms with Crippen molar-refractivity contribution in [1.29, 1.82) is 0 Å². The first-order valence-electron chi connectivity index (χ1n) is 9.43. The van der Waals surface area contributed by atoms with Crippen LogP contribution in [0, 0.1) is 0 Å². The summed E-state index contributed by atoms with van der Waals surface area (Å²) in [5.74, 6) is 0.732. The zero-order valence-corrected chi connectivity index (χ0v) is 18.8. The number of methoxy groups -OCH3 is 1. The predicted molar refractivity (Wildman–Crippen MR) is 123 cm³/mol. The van der Waals surface area contributed by atoms with E-state index in [-0.39, 0.29) is 5.56 Å². The van der Waals surface area contributed by atoms with Crippen molar-refractivity contribution < 1.29 is 14.3 Å². The molecule has 6 nitrogen and oxygen atoms in total. The minimum atomic E-state index is -0.538. The molecule has 0 saturated heterocycles. The van der Waals surface area contributed by atoms with E-state index >= 15 is 0 Å². The molecular weight excluding hydrogens is 420 g/mol. The van der Waals surface area contributed by atoms with E-state index < -0.39 is 11.7 Å². The maximum Gasteiger partial charge on any atom is 0.407 e. The number of aromatic amines is 1. The summed E-state index contributed by atoms with van der Waals surface area (Å²) in [5, 5.41) is 6.58. The number of carbonyl (C=O) groups excluding carboxylic acids is 1. The van der Waals surface area contributed by atoms with Crippen LogP contribution in [-0.2, 0) is 11.3 Å². The van der Waals surface area contributed by atoms with Gasteiger partial charge in [-0.15, -0.1) is 22.7 Å². The lowest BCUT2D eigenvalue weighted by atomic mass is 10.0. The highest BCUT2D eigenvalue weighted by atomic mass is 32.1. The average molecular weight is 443 g/mol. The smallest absolute Gasteiger partial charge is 0.407 e. The molecule has 4 aromatic rings. The van der Waals surface area contributed by atoms with Gasteiger partial charge in [0.25, 0.3) is 5.56 Å². The number of thiophene rings is 2. The van der Waals surface area contributed by atoms with Gasteiger partial charge in [0.15, 0.2) is 0 Å². The fourth-order valence-electron chi connectivity index (χ4n) is 3.32. The summed E-state index contributed by atoms with van der Waals surface area (Å²) < 4.78 is 11.6. The monoisotopic (exact) mass is 442 g/mol. The minimum Gasteiger partial charge on any atom is -0.496 e. The number of rotatable bonds is 4. The summed E-state index contributed by atoms with van der Waals surface area (Å²) >= 11 is 2.99. The number of carbonyl (C=O) groups is 1. The van der Waals surface area contributed by atoms with Gasteiger partial charge in [-0.1, -0.05) is 0 Å². The number of aromatic nitrogens is 1. The molecule has 8 heteroatoms. The van der Waals surface area contributed by atoms with Crippen LogP contribution in [0.5, 0.6) is 5.75 Å². The Hall–Kier alpha value is -2.84. The van der Waals surface area contributed by atoms with E-state index in [2.05, 4.69) is 10.3 Å².